The number of carboxylic acids is 1. The summed E-state index contributed by atoms with van der Waals surface area (Å²) in [5, 5.41) is 13.3. The van der Waals surface area contributed by atoms with Crippen molar-refractivity contribution in [1.29, 1.82) is 0 Å². The highest BCUT2D eigenvalue weighted by molar-refractivity contribution is 6.30. The number of aromatic nitrogens is 1. The van der Waals surface area contributed by atoms with Gasteiger partial charge >= 0.3 is 5.97 Å². The number of nitrogens with one attached hydrogen (secondary N) is 1. The van der Waals surface area contributed by atoms with Crippen molar-refractivity contribution in [3.8, 4) is 5.75 Å². The van der Waals surface area contributed by atoms with Gasteiger partial charge < -0.3 is 15.2 Å². The molecule has 1 aromatic carbocycles. The first-order chi connectivity index (χ1) is 12.2. The van der Waals surface area contributed by atoms with Crippen molar-refractivity contribution in [2.24, 2.45) is 0 Å². The maximum absolute atomic E-state index is 13.8. The molecule has 7 heteroatoms. The van der Waals surface area contributed by atoms with E-state index in [0.717, 1.165) is 0 Å². The van der Waals surface area contributed by atoms with Gasteiger partial charge in [0.25, 0.3) is 0 Å². The fraction of sp³-hybridized carbons (Fsp3) is 0.368. The number of aromatic carboxylic acids is 1. The number of hydrogen-bond donors (Lipinski definition) is 2. The van der Waals surface area contributed by atoms with Gasteiger partial charge in [-0.3, -0.25) is 0 Å². The molecule has 0 bridgehead atoms. The van der Waals surface area contributed by atoms with Gasteiger partial charge in [0, 0.05) is 35.3 Å². The lowest BCUT2D eigenvalue weighted by Crippen LogP contribution is -2.23. The Kier molecular flexibility index (Phi) is 5.05. The van der Waals surface area contributed by atoms with Crippen LogP contribution in [0.3, 0.4) is 0 Å². The first kappa shape index (κ1) is 18.5. The third kappa shape index (κ3) is 4.07. The third-order valence-corrected chi connectivity index (χ3v) is 4.35. The molecule has 1 aromatic heterocycles. The van der Waals surface area contributed by atoms with E-state index in [9.17, 15) is 14.3 Å². The molecule has 0 spiro atoms. The fourth-order valence-electron chi connectivity index (χ4n) is 2.98. The molecule has 1 aliphatic heterocycles. The predicted molar refractivity (Wildman–Crippen MR) is 98.3 cm³/mol. The summed E-state index contributed by atoms with van der Waals surface area (Å²) in [5.74, 6) is 0.111. The van der Waals surface area contributed by atoms with Crippen LogP contribution in [0.1, 0.15) is 40.9 Å². The standard InChI is InChI=1S/C19H20ClFN2O3/c1-19(2,21)10-26-15-4-3-13(20)8-11(15)7-12-9-23-17-14(5-6-22-17)16(12)18(24)25/h3-4,8-9H,5-7,10H2,1-2H3,(H,22,23)(H,24,25). The first-order valence-electron chi connectivity index (χ1n) is 8.32. The number of anilines is 1. The highest BCUT2D eigenvalue weighted by atomic mass is 35.5. The molecule has 0 atom stereocenters. The molecule has 1 aliphatic rings. The molecular weight excluding hydrogens is 359 g/mol. The topological polar surface area (TPSA) is 71.5 Å². The van der Waals surface area contributed by atoms with Crippen LogP contribution >= 0.6 is 11.6 Å². The van der Waals surface area contributed by atoms with E-state index in [4.69, 9.17) is 16.3 Å². The van der Waals surface area contributed by atoms with Crippen molar-refractivity contribution >= 4 is 23.4 Å². The quantitative estimate of drug-likeness (QED) is 0.791. The van der Waals surface area contributed by atoms with Crippen molar-refractivity contribution in [3.63, 3.8) is 0 Å². The Bertz CT molecular complexity index is 849. The van der Waals surface area contributed by atoms with Crippen molar-refractivity contribution in [1.82, 2.24) is 4.98 Å². The lowest BCUT2D eigenvalue weighted by Gasteiger charge is -2.18. The lowest BCUT2D eigenvalue weighted by molar-refractivity contribution is 0.0694. The van der Waals surface area contributed by atoms with Crippen LogP contribution in [0, 0.1) is 0 Å². The second-order valence-corrected chi connectivity index (χ2v) is 7.34. The third-order valence-electron chi connectivity index (χ3n) is 4.11. The normalized spacial score (nSPS) is 13.2. The minimum atomic E-state index is -1.48. The van der Waals surface area contributed by atoms with Crippen LogP contribution in [0.25, 0.3) is 0 Å². The van der Waals surface area contributed by atoms with Gasteiger partial charge in [0.05, 0.1) is 5.56 Å². The van der Waals surface area contributed by atoms with Crippen molar-refractivity contribution in [2.45, 2.75) is 32.4 Å². The van der Waals surface area contributed by atoms with Crippen LogP contribution in [0.5, 0.6) is 5.75 Å². The summed E-state index contributed by atoms with van der Waals surface area (Å²) in [6.45, 7) is 3.42. The van der Waals surface area contributed by atoms with E-state index in [1.54, 1.807) is 24.4 Å². The van der Waals surface area contributed by atoms with E-state index in [2.05, 4.69) is 10.3 Å². The molecule has 138 valence electrons. The molecule has 0 unspecified atom stereocenters. The monoisotopic (exact) mass is 378 g/mol. The fourth-order valence-corrected chi connectivity index (χ4v) is 3.18. The second-order valence-electron chi connectivity index (χ2n) is 6.90. The SMILES string of the molecule is CC(C)(F)COc1ccc(Cl)cc1Cc1cnc2c(c1C(=O)O)CCN2. The highest BCUT2D eigenvalue weighted by Crippen LogP contribution is 2.31. The van der Waals surface area contributed by atoms with Gasteiger partial charge in [0.15, 0.2) is 0 Å². The number of halogens is 2. The zero-order valence-corrected chi connectivity index (χ0v) is 15.4. The van der Waals surface area contributed by atoms with Gasteiger partial charge in [-0.25, -0.2) is 14.2 Å². The minimum absolute atomic E-state index is 0.111. The summed E-state index contributed by atoms with van der Waals surface area (Å²) in [7, 11) is 0. The molecule has 0 saturated heterocycles. The number of ether oxygens (including phenoxy) is 1. The molecule has 26 heavy (non-hydrogen) atoms. The molecule has 3 rings (SSSR count). The number of benzene rings is 1. The number of hydrogen-bond acceptors (Lipinski definition) is 4. The first-order valence-corrected chi connectivity index (χ1v) is 8.70. The summed E-state index contributed by atoms with van der Waals surface area (Å²) < 4.78 is 19.4. The van der Waals surface area contributed by atoms with Crippen LogP contribution in [0.15, 0.2) is 24.4 Å². The summed E-state index contributed by atoms with van der Waals surface area (Å²) in [4.78, 5) is 16.1. The highest BCUT2D eigenvalue weighted by Gasteiger charge is 2.24. The summed E-state index contributed by atoms with van der Waals surface area (Å²) in [5.41, 5.74) is 0.758. The van der Waals surface area contributed by atoms with Crippen LogP contribution in [0.4, 0.5) is 10.2 Å². The van der Waals surface area contributed by atoms with Crippen molar-refractivity contribution < 1.29 is 19.0 Å². The van der Waals surface area contributed by atoms with E-state index >= 15 is 0 Å². The maximum Gasteiger partial charge on any atom is 0.336 e. The van der Waals surface area contributed by atoms with Crippen LogP contribution in [0.2, 0.25) is 5.02 Å². The van der Waals surface area contributed by atoms with Gasteiger partial charge in [0.1, 0.15) is 23.8 Å². The minimum Gasteiger partial charge on any atom is -0.490 e. The van der Waals surface area contributed by atoms with E-state index in [1.807, 2.05) is 0 Å². The predicted octanol–water partition coefficient (Wildman–Crippen LogP) is 4.12. The second kappa shape index (κ2) is 7.11. The van der Waals surface area contributed by atoms with E-state index in [1.165, 1.54) is 13.8 Å². The smallest absolute Gasteiger partial charge is 0.336 e. The summed E-state index contributed by atoms with van der Waals surface area (Å²) in [6.07, 6.45) is 2.46. The van der Waals surface area contributed by atoms with Crippen LogP contribution in [-0.2, 0) is 12.8 Å². The van der Waals surface area contributed by atoms with Crippen molar-refractivity contribution in [3.05, 3.63) is 51.7 Å². The average molecular weight is 379 g/mol. The van der Waals surface area contributed by atoms with E-state index in [0.29, 0.717) is 46.2 Å². The van der Waals surface area contributed by atoms with Gasteiger partial charge in [-0.05, 0) is 44.0 Å². The Labute approximate surface area is 156 Å². The number of rotatable bonds is 6. The number of nitrogens with zero attached hydrogens (tertiary/aromatic N) is 1. The Hall–Kier alpha value is -2.34. The molecule has 0 fully saturated rings. The maximum atomic E-state index is 13.8. The van der Waals surface area contributed by atoms with Crippen molar-refractivity contribution in [2.75, 3.05) is 18.5 Å². The number of carbonyl (C=O) groups is 1. The Morgan fingerprint density at radius 2 is 2.19 bits per heavy atom. The summed E-state index contributed by atoms with van der Waals surface area (Å²) in [6, 6.07) is 5.04. The number of alkyl halides is 1. The molecular formula is C19H20ClFN2O3. The van der Waals surface area contributed by atoms with Gasteiger partial charge in [-0.15, -0.1) is 0 Å². The number of carboxylic acid groups (broad SMARTS) is 1. The molecule has 0 saturated carbocycles. The van der Waals surface area contributed by atoms with Crippen LogP contribution < -0.4 is 10.1 Å². The van der Waals surface area contributed by atoms with E-state index < -0.39 is 11.6 Å². The molecule has 0 radical (unpaired) electrons. The molecule has 5 nitrogen and oxygen atoms in total. The average Bonchev–Trinajstić information content (AvgIpc) is 3.01. The van der Waals surface area contributed by atoms with Gasteiger partial charge in [-0.1, -0.05) is 11.6 Å². The molecule has 0 aliphatic carbocycles. The van der Waals surface area contributed by atoms with Gasteiger partial charge in [0.2, 0.25) is 0 Å². The Morgan fingerprint density at radius 1 is 1.42 bits per heavy atom. The molecule has 2 heterocycles. The zero-order valence-electron chi connectivity index (χ0n) is 14.6. The molecule has 2 N–H and O–H groups in total. The van der Waals surface area contributed by atoms with Gasteiger partial charge in [-0.2, -0.15) is 0 Å². The summed E-state index contributed by atoms with van der Waals surface area (Å²) >= 11 is 6.10. The molecule has 2 aromatic rings. The van der Waals surface area contributed by atoms with Crippen LogP contribution in [-0.4, -0.2) is 34.9 Å². The largest absolute Gasteiger partial charge is 0.490 e. The molecule has 0 amide bonds. The zero-order chi connectivity index (χ0) is 18.9. The Balaban J connectivity index is 1.96. The number of fused-ring (bicyclic) bond motifs is 1. The Morgan fingerprint density at radius 3 is 2.88 bits per heavy atom. The van der Waals surface area contributed by atoms with E-state index in [-0.39, 0.29) is 18.6 Å². The number of pyridine rings is 1. The lowest BCUT2D eigenvalue weighted by atomic mass is 9.96.